The number of esters is 1. The molecule has 0 unspecified atom stereocenters. The summed E-state index contributed by atoms with van der Waals surface area (Å²) in [6, 6.07) is 3.38. The maximum atomic E-state index is 13.6. The fraction of sp³-hybridized carbons (Fsp3) is 0.278. The van der Waals surface area contributed by atoms with E-state index in [0.717, 1.165) is 15.8 Å². The molecule has 0 aliphatic heterocycles. The molecular weight excluding hydrogens is 444 g/mol. The average molecular weight is 460 g/mol. The van der Waals surface area contributed by atoms with E-state index >= 15 is 0 Å². The number of ether oxygens (including phenoxy) is 1. The average Bonchev–Trinajstić information content (AvgIpc) is 2.92. The van der Waals surface area contributed by atoms with Crippen LogP contribution in [0.5, 0.6) is 0 Å². The van der Waals surface area contributed by atoms with Crippen LogP contribution in [0.2, 0.25) is 0 Å². The van der Waals surface area contributed by atoms with Crippen molar-refractivity contribution in [1.82, 2.24) is 0 Å². The standard InChI is InChI=1S/C18H16BrF2NO4S/c1-9-5-12(10(2)27-9)15(23)3-4-17(25)26-8-16(24)22-18-13(19)6-11(20)7-14(18)21/h5-7H,3-4,8H2,1-2H3,(H,22,24). The number of carbonyl (C=O) groups is 3. The molecule has 1 heterocycles. The summed E-state index contributed by atoms with van der Waals surface area (Å²) in [6.07, 6.45) is -0.204. The minimum absolute atomic E-state index is 0.0201. The van der Waals surface area contributed by atoms with Crippen LogP contribution in [0.1, 0.15) is 33.0 Å². The maximum absolute atomic E-state index is 13.6. The molecule has 0 radical (unpaired) electrons. The molecule has 0 fully saturated rings. The van der Waals surface area contributed by atoms with E-state index < -0.39 is 30.1 Å². The van der Waals surface area contributed by atoms with E-state index in [-0.39, 0.29) is 28.8 Å². The van der Waals surface area contributed by atoms with Gasteiger partial charge in [0.2, 0.25) is 0 Å². The topological polar surface area (TPSA) is 72.5 Å². The van der Waals surface area contributed by atoms with E-state index in [1.165, 1.54) is 11.3 Å². The van der Waals surface area contributed by atoms with E-state index in [9.17, 15) is 23.2 Å². The second kappa shape index (κ2) is 9.18. The Morgan fingerprint density at radius 3 is 2.44 bits per heavy atom. The summed E-state index contributed by atoms with van der Waals surface area (Å²) in [5.41, 5.74) is 0.329. The number of carbonyl (C=O) groups excluding carboxylic acids is 3. The van der Waals surface area contributed by atoms with Gasteiger partial charge in [-0.3, -0.25) is 14.4 Å². The van der Waals surface area contributed by atoms with Crippen LogP contribution in [-0.2, 0) is 14.3 Å². The highest BCUT2D eigenvalue weighted by atomic mass is 79.9. The molecule has 0 bridgehead atoms. The zero-order chi connectivity index (χ0) is 20.1. The molecule has 1 aromatic heterocycles. The Labute approximate surface area is 166 Å². The zero-order valence-corrected chi connectivity index (χ0v) is 16.9. The Bertz CT molecular complexity index is 874. The lowest BCUT2D eigenvalue weighted by Gasteiger charge is -2.09. The molecular formula is C18H16BrF2NO4S. The summed E-state index contributed by atoms with van der Waals surface area (Å²) in [5.74, 6) is -3.44. The van der Waals surface area contributed by atoms with Gasteiger partial charge in [-0.05, 0) is 41.9 Å². The number of hydrogen-bond acceptors (Lipinski definition) is 5. The lowest BCUT2D eigenvalue weighted by atomic mass is 10.1. The smallest absolute Gasteiger partial charge is 0.306 e. The lowest BCUT2D eigenvalue weighted by Crippen LogP contribution is -2.22. The summed E-state index contributed by atoms with van der Waals surface area (Å²) in [4.78, 5) is 37.5. The predicted molar refractivity (Wildman–Crippen MR) is 101 cm³/mol. The molecule has 5 nitrogen and oxygen atoms in total. The van der Waals surface area contributed by atoms with Gasteiger partial charge in [-0.1, -0.05) is 0 Å². The number of ketones is 1. The monoisotopic (exact) mass is 459 g/mol. The fourth-order valence-electron chi connectivity index (χ4n) is 2.31. The largest absolute Gasteiger partial charge is 0.456 e. The summed E-state index contributed by atoms with van der Waals surface area (Å²) >= 11 is 4.44. The second-order valence-corrected chi connectivity index (χ2v) is 8.02. The Hall–Kier alpha value is -2.13. The highest BCUT2D eigenvalue weighted by Crippen LogP contribution is 2.26. The number of Topliss-reactive ketones (excluding diaryl/α,β-unsaturated/α-hetero) is 1. The molecule has 0 aliphatic carbocycles. The summed E-state index contributed by atoms with van der Waals surface area (Å²) < 4.78 is 31.5. The minimum Gasteiger partial charge on any atom is -0.456 e. The van der Waals surface area contributed by atoms with E-state index in [2.05, 4.69) is 21.2 Å². The number of benzene rings is 1. The van der Waals surface area contributed by atoms with Gasteiger partial charge >= 0.3 is 5.97 Å². The van der Waals surface area contributed by atoms with Crippen LogP contribution in [0.3, 0.4) is 0 Å². The Balaban J connectivity index is 1.81. The van der Waals surface area contributed by atoms with E-state index in [4.69, 9.17) is 4.74 Å². The van der Waals surface area contributed by atoms with Gasteiger partial charge in [0.25, 0.3) is 5.91 Å². The van der Waals surface area contributed by atoms with Crippen molar-refractivity contribution in [3.05, 3.63) is 49.6 Å². The van der Waals surface area contributed by atoms with Crippen LogP contribution in [0.25, 0.3) is 0 Å². The molecule has 0 saturated carbocycles. The highest BCUT2D eigenvalue weighted by molar-refractivity contribution is 9.10. The quantitative estimate of drug-likeness (QED) is 0.486. The number of rotatable bonds is 7. The third-order valence-electron chi connectivity index (χ3n) is 3.53. The van der Waals surface area contributed by atoms with Crippen molar-refractivity contribution in [1.29, 1.82) is 0 Å². The molecule has 0 spiro atoms. The number of aryl methyl sites for hydroxylation is 2. The minimum atomic E-state index is -0.964. The summed E-state index contributed by atoms with van der Waals surface area (Å²) in [6.45, 7) is 3.08. The molecule has 0 aliphatic rings. The van der Waals surface area contributed by atoms with Crippen LogP contribution < -0.4 is 5.32 Å². The van der Waals surface area contributed by atoms with Gasteiger partial charge in [-0.2, -0.15) is 0 Å². The molecule has 144 valence electrons. The fourth-order valence-corrected chi connectivity index (χ4v) is 3.76. The summed E-state index contributed by atoms with van der Waals surface area (Å²) in [5, 5.41) is 2.19. The van der Waals surface area contributed by atoms with Crippen LogP contribution in [0.15, 0.2) is 22.7 Å². The predicted octanol–water partition coefficient (Wildman–Crippen LogP) is 4.55. The van der Waals surface area contributed by atoms with Gasteiger partial charge in [0.05, 0.1) is 12.1 Å². The number of amides is 1. The number of hydrogen-bond donors (Lipinski definition) is 1. The summed E-state index contributed by atoms with van der Waals surface area (Å²) in [7, 11) is 0. The Morgan fingerprint density at radius 1 is 1.15 bits per heavy atom. The van der Waals surface area contributed by atoms with Gasteiger partial charge in [0.15, 0.2) is 18.2 Å². The second-order valence-electron chi connectivity index (χ2n) is 5.70. The number of anilines is 1. The normalized spacial score (nSPS) is 10.6. The maximum Gasteiger partial charge on any atom is 0.306 e. The van der Waals surface area contributed by atoms with Gasteiger partial charge < -0.3 is 10.1 Å². The number of halogens is 3. The molecule has 1 aromatic carbocycles. The Morgan fingerprint density at radius 2 is 1.85 bits per heavy atom. The SMILES string of the molecule is Cc1cc(C(=O)CCC(=O)OCC(=O)Nc2c(F)cc(F)cc2Br)c(C)s1. The molecule has 27 heavy (non-hydrogen) atoms. The van der Waals surface area contributed by atoms with E-state index in [0.29, 0.717) is 11.6 Å². The van der Waals surface area contributed by atoms with Crippen LogP contribution in [0.4, 0.5) is 14.5 Å². The molecule has 0 saturated heterocycles. The van der Waals surface area contributed by atoms with Gasteiger partial charge in [0.1, 0.15) is 5.82 Å². The number of nitrogens with one attached hydrogen (secondary N) is 1. The molecule has 1 N–H and O–H groups in total. The van der Waals surface area contributed by atoms with Crippen LogP contribution >= 0.6 is 27.3 Å². The van der Waals surface area contributed by atoms with E-state index in [1.807, 2.05) is 13.8 Å². The lowest BCUT2D eigenvalue weighted by molar-refractivity contribution is -0.147. The first-order valence-corrected chi connectivity index (χ1v) is 9.48. The Kier molecular flexibility index (Phi) is 7.20. The third-order valence-corrected chi connectivity index (χ3v) is 5.12. The van der Waals surface area contributed by atoms with Crippen molar-refractivity contribution < 1.29 is 27.9 Å². The first-order valence-electron chi connectivity index (χ1n) is 7.87. The van der Waals surface area contributed by atoms with Crippen molar-refractivity contribution in [2.24, 2.45) is 0 Å². The van der Waals surface area contributed by atoms with Gasteiger partial charge in [-0.25, -0.2) is 8.78 Å². The van der Waals surface area contributed by atoms with Crippen LogP contribution in [0, 0.1) is 25.5 Å². The van der Waals surface area contributed by atoms with Crippen molar-refractivity contribution in [2.75, 3.05) is 11.9 Å². The molecule has 1 amide bonds. The molecule has 0 atom stereocenters. The van der Waals surface area contributed by atoms with Gasteiger partial charge in [-0.15, -0.1) is 11.3 Å². The first kappa shape index (κ1) is 21.2. The molecule has 9 heteroatoms. The molecule has 2 aromatic rings. The van der Waals surface area contributed by atoms with Crippen LogP contribution in [-0.4, -0.2) is 24.3 Å². The zero-order valence-electron chi connectivity index (χ0n) is 14.5. The highest BCUT2D eigenvalue weighted by Gasteiger charge is 2.17. The number of thiophene rings is 1. The van der Waals surface area contributed by atoms with Crippen molar-refractivity contribution >= 4 is 50.6 Å². The van der Waals surface area contributed by atoms with E-state index in [1.54, 1.807) is 6.07 Å². The molecule has 2 rings (SSSR count). The van der Waals surface area contributed by atoms with Crippen molar-refractivity contribution in [3.8, 4) is 0 Å². The van der Waals surface area contributed by atoms with Gasteiger partial charge in [0, 0.05) is 32.3 Å². The third kappa shape index (κ3) is 5.93. The van der Waals surface area contributed by atoms with Crippen molar-refractivity contribution in [2.45, 2.75) is 26.7 Å². The first-order chi connectivity index (χ1) is 12.7. The van der Waals surface area contributed by atoms with Crippen molar-refractivity contribution in [3.63, 3.8) is 0 Å².